The van der Waals surface area contributed by atoms with Crippen molar-refractivity contribution >= 4 is 10.9 Å². The molecule has 0 amide bonds. The van der Waals surface area contributed by atoms with Crippen LogP contribution in [0.3, 0.4) is 0 Å². The molecule has 0 aliphatic heterocycles. The van der Waals surface area contributed by atoms with Crippen LogP contribution in [0, 0.1) is 0 Å². The molecule has 0 saturated carbocycles. The maximum absolute atomic E-state index is 11.4. The molecule has 0 aromatic carbocycles. The third-order valence-corrected chi connectivity index (χ3v) is 1.71. The molecule has 4 nitrogen and oxygen atoms in total. The van der Waals surface area contributed by atoms with Crippen molar-refractivity contribution in [1.29, 1.82) is 0 Å². The summed E-state index contributed by atoms with van der Waals surface area (Å²) >= 11 is 0. The lowest BCUT2D eigenvalue weighted by Gasteiger charge is -1.96. The molecule has 2 heterocycles. The van der Waals surface area contributed by atoms with E-state index >= 15 is 0 Å². The zero-order valence-electron chi connectivity index (χ0n) is 6.56. The van der Waals surface area contributed by atoms with E-state index in [2.05, 4.69) is 10.1 Å². The summed E-state index contributed by atoms with van der Waals surface area (Å²) in [5.74, 6) is 0. The van der Waals surface area contributed by atoms with E-state index in [1.807, 2.05) is 6.07 Å². The maximum Gasteiger partial charge on any atom is 0.292 e. The summed E-state index contributed by atoms with van der Waals surface area (Å²) in [6, 6.07) is 3.60. The van der Waals surface area contributed by atoms with Crippen LogP contribution in [-0.4, -0.2) is 14.8 Å². The van der Waals surface area contributed by atoms with E-state index in [0.717, 1.165) is 5.39 Å². The number of aryl methyl sites for hydroxylation is 1. The Hall–Kier alpha value is -1.71. The zero-order chi connectivity index (χ0) is 8.55. The molecule has 0 N–H and O–H groups in total. The first-order valence-corrected chi connectivity index (χ1v) is 3.56. The summed E-state index contributed by atoms with van der Waals surface area (Å²) in [6.07, 6.45) is 3.23. The molecule has 0 atom stereocenters. The Balaban J connectivity index is 3.01. The first-order valence-electron chi connectivity index (χ1n) is 3.56. The second kappa shape index (κ2) is 2.41. The van der Waals surface area contributed by atoms with Crippen LogP contribution < -0.4 is 5.56 Å². The minimum absolute atomic E-state index is 0.159. The molecule has 2 aromatic rings. The van der Waals surface area contributed by atoms with Crippen LogP contribution in [0.25, 0.3) is 10.9 Å². The topological polar surface area (TPSA) is 47.8 Å². The molecule has 0 unspecified atom stereocenters. The van der Waals surface area contributed by atoms with Gasteiger partial charge in [0.1, 0.15) is 5.52 Å². The Morgan fingerprint density at radius 1 is 1.50 bits per heavy atom. The second-order valence-electron chi connectivity index (χ2n) is 2.51. The van der Waals surface area contributed by atoms with Gasteiger partial charge in [-0.3, -0.25) is 9.78 Å². The summed E-state index contributed by atoms with van der Waals surface area (Å²) in [7, 11) is 1.61. The van der Waals surface area contributed by atoms with Gasteiger partial charge in [0.15, 0.2) is 0 Å². The SMILES string of the molecule is Cn1ncc2cccnc2c1=O. The maximum atomic E-state index is 11.4. The summed E-state index contributed by atoms with van der Waals surface area (Å²) < 4.78 is 1.27. The standard InChI is InChI=1S/C8H7N3O/c1-11-8(12)7-6(5-10-11)3-2-4-9-7/h2-5H,1H3. The number of aromatic nitrogens is 3. The Kier molecular flexibility index (Phi) is 1.40. The zero-order valence-corrected chi connectivity index (χ0v) is 6.56. The summed E-state index contributed by atoms with van der Waals surface area (Å²) in [6.45, 7) is 0. The monoisotopic (exact) mass is 161 g/mol. The van der Waals surface area contributed by atoms with Crippen molar-refractivity contribution in [3.63, 3.8) is 0 Å². The number of hydrogen-bond acceptors (Lipinski definition) is 3. The van der Waals surface area contributed by atoms with E-state index in [1.54, 1.807) is 25.5 Å². The van der Waals surface area contributed by atoms with Crippen LogP contribution in [0.4, 0.5) is 0 Å². The van der Waals surface area contributed by atoms with Gasteiger partial charge in [0, 0.05) is 18.6 Å². The van der Waals surface area contributed by atoms with E-state index in [0.29, 0.717) is 5.52 Å². The first kappa shape index (κ1) is 6.97. The van der Waals surface area contributed by atoms with Crippen molar-refractivity contribution < 1.29 is 0 Å². The van der Waals surface area contributed by atoms with Gasteiger partial charge in [-0.15, -0.1) is 0 Å². The highest BCUT2D eigenvalue weighted by molar-refractivity contribution is 5.75. The predicted molar refractivity (Wildman–Crippen MR) is 44.8 cm³/mol. The number of nitrogens with zero attached hydrogens (tertiary/aromatic N) is 3. The summed E-state index contributed by atoms with van der Waals surface area (Å²) in [5, 5.41) is 4.65. The number of pyridine rings is 1. The molecule has 4 heteroatoms. The lowest BCUT2D eigenvalue weighted by Crippen LogP contribution is -2.19. The van der Waals surface area contributed by atoms with E-state index in [4.69, 9.17) is 0 Å². The van der Waals surface area contributed by atoms with Gasteiger partial charge in [-0.25, -0.2) is 4.68 Å². The molecule has 60 valence electrons. The molecular formula is C8H7N3O. The first-order chi connectivity index (χ1) is 5.79. The van der Waals surface area contributed by atoms with Gasteiger partial charge in [0.25, 0.3) is 5.56 Å². The highest BCUT2D eigenvalue weighted by atomic mass is 16.1. The molecule has 0 saturated heterocycles. The quantitative estimate of drug-likeness (QED) is 0.559. The van der Waals surface area contributed by atoms with Crippen LogP contribution in [-0.2, 0) is 7.05 Å². The normalized spacial score (nSPS) is 10.4. The van der Waals surface area contributed by atoms with Crippen molar-refractivity contribution in [1.82, 2.24) is 14.8 Å². The van der Waals surface area contributed by atoms with Crippen LogP contribution >= 0.6 is 0 Å². The van der Waals surface area contributed by atoms with E-state index < -0.39 is 0 Å². The number of hydrogen-bond donors (Lipinski definition) is 0. The molecule has 0 fully saturated rings. The van der Waals surface area contributed by atoms with Crippen LogP contribution in [0.1, 0.15) is 0 Å². The van der Waals surface area contributed by atoms with Gasteiger partial charge in [-0.2, -0.15) is 5.10 Å². The summed E-state index contributed by atoms with van der Waals surface area (Å²) in [5.41, 5.74) is 0.308. The lowest BCUT2D eigenvalue weighted by molar-refractivity contribution is 0.716. The minimum Gasteiger partial charge on any atom is -0.265 e. The Bertz CT molecular complexity index is 475. The van der Waals surface area contributed by atoms with Gasteiger partial charge in [0.05, 0.1) is 6.20 Å². The van der Waals surface area contributed by atoms with Crippen LogP contribution in [0.2, 0.25) is 0 Å². The molecule has 0 radical (unpaired) electrons. The van der Waals surface area contributed by atoms with Crippen molar-refractivity contribution in [3.8, 4) is 0 Å². The Morgan fingerprint density at radius 3 is 3.17 bits per heavy atom. The molecule has 0 aliphatic rings. The van der Waals surface area contributed by atoms with Crippen LogP contribution in [0.5, 0.6) is 0 Å². The highest BCUT2D eigenvalue weighted by Gasteiger charge is 1.99. The number of fused-ring (bicyclic) bond motifs is 1. The molecular weight excluding hydrogens is 154 g/mol. The van der Waals surface area contributed by atoms with Crippen molar-refractivity contribution in [2.45, 2.75) is 0 Å². The fourth-order valence-electron chi connectivity index (χ4n) is 1.06. The van der Waals surface area contributed by atoms with E-state index in [1.165, 1.54) is 4.68 Å². The third kappa shape index (κ3) is 0.887. The van der Waals surface area contributed by atoms with E-state index in [-0.39, 0.29) is 5.56 Å². The molecule has 0 bridgehead atoms. The predicted octanol–water partition coefficient (Wildman–Crippen LogP) is 0.328. The van der Waals surface area contributed by atoms with Crippen molar-refractivity contribution in [2.24, 2.45) is 7.05 Å². The average molecular weight is 161 g/mol. The smallest absolute Gasteiger partial charge is 0.265 e. The second-order valence-corrected chi connectivity index (χ2v) is 2.51. The fourth-order valence-corrected chi connectivity index (χ4v) is 1.06. The molecule has 0 spiro atoms. The molecule has 2 aromatic heterocycles. The fraction of sp³-hybridized carbons (Fsp3) is 0.125. The van der Waals surface area contributed by atoms with Gasteiger partial charge in [0.2, 0.25) is 0 Å². The highest BCUT2D eigenvalue weighted by Crippen LogP contribution is 2.01. The Morgan fingerprint density at radius 2 is 2.33 bits per heavy atom. The van der Waals surface area contributed by atoms with Gasteiger partial charge >= 0.3 is 0 Å². The van der Waals surface area contributed by atoms with Crippen molar-refractivity contribution in [2.75, 3.05) is 0 Å². The Labute approximate surface area is 68.5 Å². The van der Waals surface area contributed by atoms with Crippen LogP contribution in [0.15, 0.2) is 29.3 Å². The molecule has 12 heavy (non-hydrogen) atoms. The van der Waals surface area contributed by atoms with Crippen molar-refractivity contribution in [3.05, 3.63) is 34.9 Å². The largest absolute Gasteiger partial charge is 0.292 e. The summed E-state index contributed by atoms with van der Waals surface area (Å²) in [4.78, 5) is 15.3. The molecule has 2 rings (SSSR count). The van der Waals surface area contributed by atoms with E-state index in [9.17, 15) is 4.79 Å². The van der Waals surface area contributed by atoms with Gasteiger partial charge in [-0.05, 0) is 12.1 Å². The third-order valence-electron chi connectivity index (χ3n) is 1.71. The average Bonchev–Trinajstić information content (AvgIpc) is 2.12. The number of rotatable bonds is 0. The van der Waals surface area contributed by atoms with Gasteiger partial charge in [-0.1, -0.05) is 0 Å². The van der Waals surface area contributed by atoms with Gasteiger partial charge < -0.3 is 0 Å². The minimum atomic E-state index is -0.159. The molecule has 0 aliphatic carbocycles. The lowest BCUT2D eigenvalue weighted by atomic mass is 10.3.